The van der Waals surface area contributed by atoms with Crippen LogP contribution < -0.4 is 0 Å². The highest BCUT2D eigenvalue weighted by Gasteiger charge is 2.51. The molecule has 36 heavy (non-hydrogen) atoms. The number of aliphatic hydroxyl groups excluding tert-OH is 4. The fourth-order valence-electron chi connectivity index (χ4n) is 4.30. The van der Waals surface area contributed by atoms with Gasteiger partial charge in [0.1, 0.15) is 24.4 Å². The van der Waals surface area contributed by atoms with Gasteiger partial charge in [0.2, 0.25) is 5.79 Å². The van der Waals surface area contributed by atoms with Gasteiger partial charge >= 0.3 is 5.97 Å². The molecule has 0 amide bonds. The van der Waals surface area contributed by atoms with E-state index in [-0.39, 0.29) is 12.2 Å². The zero-order valence-corrected chi connectivity index (χ0v) is 22.3. The van der Waals surface area contributed by atoms with Crippen molar-refractivity contribution in [2.75, 3.05) is 13.2 Å². The van der Waals surface area contributed by atoms with Crippen LogP contribution in [-0.4, -0.2) is 74.9 Å². The molecule has 8 heteroatoms. The molecule has 0 bridgehead atoms. The lowest BCUT2D eigenvalue weighted by molar-refractivity contribution is -0.327. The Morgan fingerprint density at radius 3 is 1.94 bits per heavy atom. The Labute approximate surface area is 217 Å². The molecule has 0 aromatic heterocycles. The van der Waals surface area contributed by atoms with Crippen molar-refractivity contribution >= 4 is 5.97 Å². The third-order valence-corrected chi connectivity index (χ3v) is 6.63. The molecule has 0 radical (unpaired) electrons. The number of hydrogen-bond acceptors (Lipinski definition) is 8. The second kappa shape index (κ2) is 18.9. The summed E-state index contributed by atoms with van der Waals surface area (Å²) in [5.74, 6) is -3.10. The summed E-state index contributed by atoms with van der Waals surface area (Å²) < 4.78 is 10.4. The molecule has 5 atom stereocenters. The summed E-state index contributed by atoms with van der Waals surface area (Å²) in [4.78, 5) is 12.2. The summed E-state index contributed by atoms with van der Waals surface area (Å²) in [6.07, 6.45) is 15.7. The summed E-state index contributed by atoms with van der Waals surface area (Å²) >= 11 is 0. The molecule has 1 aliphatic rings. The predicted octanol–water partition coefficient (Wildman–Crippen LogP) is 3.68. The molecular weight excluding hydrogens is 464 g/mol. The summed E-state index contributed by atoms with van der Waals surface area (Å²) in [7, 11) is 0. The molecule has 1 rings (SSSR count). The highest BCUT2D eigenvalue weighted by atomic mass is 16.7. The maximum atomic E-state index is 12.2. The van der Waals surface area contributed by atoms with Crippen LogP contribution in [-0.2, 0) is 14.3 Å². The number of ether oxygens (including phenoxy) is 2. The van der Waals surface area contributed by atoms with E-state index >= 15 is 0 Å². The van der Waals surface area contributed by atoms with Crippen molar-refractivity contribution in [3.05, 3.63) is 23.8 Å². The highest BCUT2D eigenvalue weighted by molar-refractivity contribution is 5.87. The van der Waals surface area contributed by atoms with Crippen LogP contribution in [0.1, 0.15) is 104 Å². The van der Waals surface area contributed by atoms with Gasteiger partial charge in [-0.25, -0.2) is 4.79 Å². The zero-order chi connectivity index (χ0) is 26.8. The van der Waals surface area contributed by atoms with E-state index in [0.717, 1.165) is 38.2 Å². The van der Waals surface area contributed by atoms with Gasteiger partial charge < -0.3 is 35.0 Å². The number of rotatable bonds is 19. The van der Waals surface area contributed by atoms with Crippen LogP contribution in [0.2, 0.25) is 0 Å². The van der Waals surface area contributed by atoms with Gasteiger partial charge in [0.25, 0.3) is 0 Å². The van der Waals surface area contributed by atoms with Crippen molar-refractivity contribution < 1.29 is 39.8 Å². The summed E-state index contributed by atoms with van der Waals surface area (Å²) in [5, 5.41) is 49.5. The third-order valence-electron chi connectivity index (χ3n) is 6.63. The van der Waals surface area contributed by atoms with Crippen LogP contribution in [0.3, 0.4) is 0 Å². The maximum Gasteiger partial charge on any atom is 0.333 e. The minimum absolute atomic E-state index is 0.0126. The van der Waals surface area contributed by atoms with Crippen molar-refractivity contribution in [1.82, 2.24) is 0 Å². The van der Waals surface area contributed by atoms with E-state index in [1.165, 1.54) is 64.7 Å². The van der Waals surface area contributed by atoms with Gasteiger partial charge in [-0.15, -0.1) is 0 Å². The Morgan fingerprint density at radius 2 is 1.39 bits per heavy atom. The first-order valence-corrected chi connectivity index (χ1v) is 13.8. The normalized spacial score (nSPS) is 27.0. The van der Waals surface area contributed by atoms with Gasteiger partial charge in [-0.1, -0.05) is 76.9 Å². The molecule has 0 aromatic carbocycles. The van der Waals surface area contributed by atoms with Crippen LogP contribution >= 0.6 is 0 Å². The molecule has 8 nitrogen and oxygen atoms in total. The van der Waals surface area contributed by atoms with Gasteiger partial charge in [-0.3, -0.25) is 0 Å². The lowest BCUT2D eigenvalue weighted by Gasteiger charge is -2.44. The molecule has 1 fully saturated rings. The van der Waals surface area contributed by atoms with E-state index in [9.17, 15) is 30.3 Å². The van der Waals surface area contributed by atoms with E-state index in [2.05, 4.69) is 19.1 Å². The monoisotopic (exact) mass is 514 g/mol. The van der Waals surface area contributed by atoms with Gasteiger partial charge in [0.15, 0.2) is 0 Å². The highest BCUT2D eigenvalue weighted by Crippen LogP contribution is 2.30. The second-order valence-corrected chi connectivity index (χ2v) is 9.92. The molecule has 0 aromatic rings. The number of unbranched alkanes of at least 4 members (excludes halogenated alkanes) is 12. The molecular formula is C28H50O8. The Morgan fingerprint density at radius 1 is 0.861 bits per heavy atom. The molecule has 0 saturated carbocycles. The molecule has 210 valence electrons. The van der Waals surface area contributed by atoms with Crippen molar-refractivity contribution in [2.45, 2.75) is 134 Å². The van der Waals surface area contributed by atoms with E-state index in [4.69, 9.17) is 9.47 Å². The van der Waals surface area contributed by atoms with E-state index in [1.54, 1.807) is 0 Å². The minimum atomic E-state index is -2.43. The van der Waals surface area contributed by atoms with Gasteiger partial charge in [-0.2, -0.15) is 0 Å². The molecule has 0 spiro atoms. The minimum Gasteiger partial charge on any atom is -0.462 e. The smallest absolute Gasteiger partial charge is 0.333 e. The standard InChI is InChI=1S/C28H50O8/c1-3-4-5-6-7-8-9-10-11-12-13-14-15-16-17-18-19-35-27(33)22(2)20-28(34)26(32)25(31)24(30)23(21-29)36-28/h10-11,20,23-26,29-32,34H,3-9,12-19,21H2,1-2H3/b11-10-,22-20?/t23-,24-,25+,26-,28+/m1/s1. The lowest BCUT2D eigenvalue weighted by atomic mass is 9.91. The number of allylic oxidation sites excluding steroid dienone is 2. The lowest BCUT2D eigenvalue weighted by Crippen LogP contribution is -2.64. The fourth-order valence-corrected chi connectivity index (χ4v) is 4.30. The van der Waals surface area contributed by atoms with Crippen LogP contribution in [0.5, 0.6) is 0 Å². The average Bonchev–Trinajstić information content (AvgIpc) is 2.86. The molecule has 1 heterocycles. The van der Waals surface area contributed by atoms with Crippen LogP contribution in [0.15, 0.2) is 23.8 Å². The van der Waals surface area contributed by atoms with Crippen molar-refractivity contribution in [2.24, 2.45) is 0 Å². The summed E-state index contributed by atoms with van der Waals surface area (Å²) in [5.41, 5.74) is -0.0126. The third kappa shape index (κ3) is 12.3. The Hall–Kier alpha value is -1.29. The SMILES string of the molecule is CCCCCCCC/C=C\CCCCCCCCOC(=O)C(C)=C[C@]1(O)O[C@H](CO)[C@@H](O)[C@H](O)[C@H]1O. The molecule has 1 aliphatic heterocycles. The van der Waals surface area contributed by atoms with Gasteiger partial charge in [0, 0.05) is 5.57 Å². The van der Waals surface area contributed by atoms with E-state index in [1.807, 2.05) is 0 Å². The van der Waals surface area contributed by atoms with Crippen molar-refractivity contribution in [1.29, 1.82) is 0 Å². The second-order valence-electron chi connectivity index (χ2n) is 9.92. The Balaban J connectivity index is 2.12. The summed E-state index contributed by atoms with van der Waals surface area (Å²) in [6, 6.07) is 0. The Kier molecular flexibility index (Phi) is 17.2. The fraction of sp³-hybridized carbons (Fsp3) is 0.821. The number of carbonyl (C=O) groups is 1. The number of aliphatic hydroxyl groups is 5. The number of esters is 1. The van der Waals surface area contributed by atoms with Crippen LogP contribution in [0.25, 0.3) is 0 Å². The van der Waals surface area contributed by atoms with Crippen molar-refractivity contribution in [3.8, 4) is 0 Å². The first-order valence-electron chi connectivity index (χ1n) is 13.8. The molecule has 1 saturated heterocycles. The predicted molar refractivity (Wildman–Crippen MR) is 139 cm³/mol. The number of hydrogen-bond donors (Lipinski definition) is 5. The van der Waals surface area contributed by atoms with Crippen LogP contribution in [0, 0.1) is 0 Å². The van der Waals surface area contributed by atoms with E-state index in [0.29, 0.717) is 0 Å². The maximum absolute atomic E-state index is 12.2. The zero-order valence-electron chi connectivity index (χ0n) is 22.3. The van der Waals surface area contributed by atoms with Crippen LogP contribution in [0.4, 0.5) is 0 Å². The molecule has 0 unspecified atom stereocenters. The first kappa shape index (κ1) is 32.7. The quantitative estimate of drug-likeness (QED) is 0.0762. The topological polar surface area (TPSA) is 137 Å². The molecule has 5 N–H and O–H groups in total. The first-order chi connectivity index (χ1) is 17.3. The van der Waals surface area contributed by atoms with E-state index < -0.39 is 42.8 Å². The van der Waals surface area contributed by atoms with Gasteiger partial charge in [-0.05, 0) is 45.1 Å². The largest absolute Gasteiger partial charge is 0.462 e. The van der Waals surface area contributed by atoms with Crippen molar-refractivity contribution in [3.63, 3.8) is 0 Å². The summed E-state index contributed by atoms with van der Waals surface area (Å²) in [6.45, 7) is 3.20. The average molecular weight is 515 g/mol. The Bertz CT molecular complexity index is 647. The molecule has 0 aliphatic carbocycles. The van der Waals surface area contributed by atoms with Gasteiger partial charge in [0.05, 0.1) is 13.2 Å². The number of carbonyl (C=O) groups excluding carboxylic acids is 1.